The minimum absolute atomic E-state index is 0.312. The van der Waals surface area contributed by atoms with Crippen molar-refractivity contribution in [1.29, 1.82) is 0 Å². The van der Waals surface area contributed by atoms with E-state index in [1.807, 2.05) is 0 Å². The van der Waals surface area contributed by atoms with Crippen molar-refractivity contribution < 1.29 is 8.85 Å². The fourth-order valence-electron chi connectivity index (χ4n) is 4.14. The first-order valence-electron chi connectivity index (χ1n) is 8.40. The molecule has 0 N–H and O–H groups in total. The molecule has 0 aromatic heterocycles. The van der Waals surface area contributed by atoms with E-state index < -0.39 is 8.56 Å². The molecule has 2 rings (SSSR count). The standard InChI is InChI=1S/C16H32O2Si/c1-13(2)17-19(18-14(3)4,15-9-5-6-10-15)16-11-7-8-12-16/h13-16H,5-12H2,1-4H3. The van der Waals surface area contributed by atoms with Crippen LogP contribution in [0.15, 0.2) is 0 Å². The summed E-state index contributed by atoms with van der Waals surface area (Å²) >= 11 is 0. The van der Waals surface area contributed by atoms with Gasteiger partial charge in [-0.3, -0.25) is 0 Å². The normalized spacial score (nSPS) is 23.1. The van der Waals surface area contributed by atoms with E-state index in [1.54, 1.807) is 0 Å². The molecule has 2 nitrogen and oxygen atoms in total. The maximum absolute atomic E-state index is 6.63. The summed E-state index contributed by atoms with van der Waals surface area (Å²) in [5.41, 5.74) is 1.50. The van der Waals surface area contributed by atoms with E-state index in [0.717, 1.165) is 11.1 Å². The number of hydrogen-bond donors (Lipinski definition) is 0. The van der Waals surface area contributed by atoms with E-state index in [2.05, 4.69) is 27.7 Å². The third-order valence-corrected chi connectivity index (χ3v) is 9.80. The molecule has 2 aliphatic carbocycles. The Morgan fingerprint density at radius 1 is 0.684 bits per heavy atom. The van der Waals surface area contributed by atoms with Crippen molar-refractivity contribution in [2.75, 3.05) is 0 Å². The minimum atomic E-state index is -2.06. The third-order valence-electron chi connectivity index (χ3n) is 4.69. The van der Waals surface area contributed by atoms with Crippen molar-refractivity contribution in [3.63, 3.8) is 0 Å². The first-order chi connectivity index (χ1) is 9.04. The summed E-state index contributed by atoms with van der Waals surface area (Å²) in [6.07, 6.45) is 11.6. The first-order valence-corrected chi connectivity index (χ1v) is 10.4. The van der Waals surface area contributed by atoms with E-state index in [0.29, 0.717) is 12.2 Å². The van der Waals surface area contributed by atoms with Crippen LogP contribution in [0.2, 0.25) is 11.1 Å². The zero-order chi connectivity index (χ0) is 13.9. The predicted molar refractivity (Wildman–Crippen MR) is 82.6 cm³/mol. The van der Waals surface area contributed by atoms with Gasteiger partial charge in [0.2, 0.25) is 0 Å². The summed E-state index contributed by atoms with van der Waals surface area (Å²) in [5.74, 6) is 0. The predicted octanol–water partition coefficient (Wildman–Crippen LogP) is 5.17. The fourth-order valence-corrected chi connectivity index (χ4v) is 9.53. The Labute approximate surface area is 120 Å². The van der Waals surface area contributed by atoms with Crippen LogP contribution in [0.25, 0.3) is 0 Å². The van der Waals surface area contributed by atoms with Crippen LogP contribution in [0.4, 0.5) is 0 Å². The molecule has 0 aromatic rings. The quantitative estimate of drug-likeness (QED) is 0.627. The maximum atomic E-state index is 6.63. The van der Waals surface area contributed by atoms with Crippen LogP contribution in [-0.4, -0.2) is 20.8 Å². The van der Waals surface area contributed by atoms with Crippen LogP contribution in [0, 0.1) is 0 Å². The summed E-state index contributed by atoms with van der Waals surface area (Å²) in [5, 5.41) is 0. The lowest BCUT2D eigenvalue weighted by molar-refractivity contribution is 0.0882. The van der Waals surface area contributed by atoms with Crippen molar-refractivity contribution in [1.82, 2.24) is 0 Å². The average Bonchev–Trinajstić information content (AvgIpc) is 3.01. The molecule has 0 spiro atoms. The second-order valence-electron chi connectivity index (χ2n) is 7.02. The zero-order valence-electron chi connectivity index (χ0n) is 13.3. The highest BCUT2D eigenvalue weighted by molar-refractivity contribution is 6.70. The molecule has 112 valence electrons. The summed E-state index contributed by atoms with van der Waals surface area (Å²) in [4.78, 5) is 0. The van der Waals surface area contributed by atoms with Crippen molar-refractivity contribution in [2.24, 2.45) is 0 Å². The van der Waals surface area contributed by atoms with Gasteiger partial charge in [-0.25, -0.2) is 0 Å². The Morgan fingerprint density at radius 3 is 1.26 bits per heavy atom. The topological polar surface area (TPSA) is 18.5 Å². The Balaban J connectivity index is 2.24. The molecule has 3 heteroatoms. The van der Waals surface area contributed by atoms with Gasteiger partial charge >= 0.3 is 8.56 Å². The van der Waals surface area contributed by atoms with Crippen LogP contribution in [0.5, 0.6) is 0 Å². The number of rotatable bonds is 6. The molecule has 2 aliphatic rings. The summed E-state index contributed by atoms with van der Waals surface area (Å²) in [7, 11) is -2.06. The molecule has 0 atom stereocenters. The lowest BCUT2D eigenvalue weighted by Crippen LogP contribution is -2.53. The highest BCUT2D eigenvalue weighted by Crippen LogP contribution is 2.51. The van der Waals surface area contributed by atoms with Gasteiger partial charge in [-0.15, -0.1) is 0 Å². The maximum Gasteiger partial charge on any atom is 0.345 e. The lowest BCUT2D eigenvalue weighted by Gasteiger charge is -2.42. The second-order valence-corrected chi connectivity index (χ2v) is 10.6. The van der Waals surface area contributed by atoms with E-state index >= 15 is 0 Å². The van der Waals surface area contributed by atoms with Gasteiger partial charge in [-0.05, 0) is 53.4 Å². The molecule has 0 saturated heterocycles. The largest absolute Gasteiger partial charge is 0.391 e. The Bertz CT molecular complexity index is 238. The van der Waals surface area contributed by atoms with Crippen molar-refractivity contribution >= 4 is 8.56 Å². The summed E-state index contributed by atoms with van der Waals surface area (Å²) < 4.78 is 13.3. The molecule has 2 fully saturated rings. The molecule has 0 unspecified atom stereocenters. The Kier molecular flexibility index (Phi) is 5.50. The van der Waals surface area contributed by atoms with Crippen LogP contribution >= 0.6 is 0 Å². The van der Waals surface area contributed by atoms with Gasteiger partial charge in [-0.1, -0.05) is 25.7 Å². The summed E-state index contributed by atoms with van der Waals surface area (Å²) in [6, 6.07) is 0. The molecular formula is C16H32O2Si. The van der Waals surface area contributed by atoms with Gasteiger partial charge in [0, 0.05) is 23.3 Å². The first kappa shape index (κ1) is 15.5. The lowest BCUT2D eigenvalue weighted by atomic mass is 10.3. The van der Waals surface area contributed by atoms with Gasteiger partial charge < -0.3 is 8.85 Å². The van der Waals surface area contributed by atoms with E-state index in [9.17, 15) is 0 Å². The minimum Gasteiger partial charge on any atom is -0.391 e. The average molecular weight is 285 g/mol. The molecule has 0 aliphatic heterocycles. The molecule has 0 amide bonds. The van der Waals surface area contributed by atoms with E-state index in [-0.39, 0.29) is 0 Å². The van der Waals surface area contributed by atoms with Crippen molar-refractivity contribution in [3.05, 3.63) is 0 Å². The highest BCUT2D eigenvalue weighted by Gasteiger charge is 2.54. The SMILES string of the molecule is CC(C)O[Si](OC(C)C)(C1CCCC1)C1CCCC1. The number of hydrogen-bond acceptors (Lipinski definition) is 2. The second kappa shape index (κ2) is 6.73. The monoisotopic (exact) mass is 284 g/mol. The molecule has 0 bridgehead atoms. The van der Waals surface area contributed by atoms with Gasteiger partial charge in [0.25, 0.3) is 0 Å². The molecule has 0 aromatic carbocycles. The van der Waals surface area contributed by atoms with E-state index in [4.69, 9.17) is 8.85 Å². The molecule has 19 heavy (non-hydrogen) atoms. The van der Waals surface area contributed by atoms with Crippen LogP contribution in [-0.2, 0) is 8.85 Å². The van der Waals surface area contributed by atoms with Gasteiger partial charge in [0.15, 0.2) is 0 Å². The fraction of sp³-hybridized carbons (Fsp3) is 1.00. The van der Waals surface area contributed by atoms with Gasteiger partial charge in [0.05, 0.1) is 0 Å². The molecule has 2 saturated carbocycles. The van der Waals surface area contributed by atoms with Crippen molar-refractivity contribution in [2.45, 2.75) is 102 Å². The molecular weight excluding hydrogens is 252 g/mol. The van der Waals surface area contributed by atoms with Gasteiger partial charge in [0.1, 0.15) is 0 Å². The molecule has 0 radical (unpaired) electrons. The highest BCUT2D eigenvalue weighted by atomic mass is 28.4. The van der Waals surface area contributed by atoms with Crippen LogP contribution in [0.3, 0.4) is 0 Å². The summed E-state index contributed by atoms with van der Waals surface area (Å²) in [6.45, 7) is 8.76. The van der Waals surface area contributed by atoms with Crippen LogP contribution < -0.4 is 0 Å². The molecule has 0 heterocycles. The van der Waals surface area contributed by atoms with Gasteiger partial charge in [-0.2, -0.15) is 0 Å². The third kappa shape index (κ3) is 3.62. The Morgan fingerprint density at radius 2 is 1.00 bits per heavy atom. The van der Waals surface area contributed by atoms with E-state index in [1.165, 1.54) is 51.4 Å². The zero-order valence-corrected chi connectivity index (χ0v) is 14.3. The Hall–Kier alpha value is 0.137. The van der Waals surface area contributed by atoms with Crippen molar-refractivity contribution in [3.8, 4) is 0 Å². The van der Waals surface area contributed by atoms with Crippen LogP contribution in [0.1, 0.15) is 79.1 Å². The smallest absolute Gasteiger partial charge is 0.345 e.